The van der Waals surface area contributed by atoms with Crippen molar-refractivity contribution in [1.82, 2.24) is 15.2 Å². The van der Waals surface area contributed by atoms with Crippen LogP contribution in [0.4, 0.5) is 16.3 Å². The van der Waals surface area contributed by atoms with Gasteiger partial charge in [0.25, 0.3) is 11.8 Å². The Balaban J connectivity index is 1.47. The van der Waals surface area contributed by atoms with E-state index in [0.29, 0.717) is 59.5 Å². The maximum absolute atomic E-state index is 13.8. The Labute approximate surface area is 244 Å². The first kappa shape index (κ1) is 28.8. The molecule has 1 unspecified atom stereocenters. The molecule has 1 aliphatic rings. The molecule has 0 spiro atoms. The third-order valence-corrected chi connectivity index (χ3v) is 7.48. The van der Waals surface area contributed by atoms with Crippen LogP contribution in [0.3, 0.4) is 0 Å². The van der Waals surface area contributed by atoms with E-state index < -0.39 is 11.6 Å². The van der Waals surface area contributed by atoms with Crippen molar-refractivity contribution in [3.05, 3.63) is 86.4 Å². The second kappa shape index (κ2) is 12.3. The number of pyridine rings is 1. The van der Waals surface area contributed by atoms with Crippen LogP contribution in [-0.2, 0) is 11.2 Å². The summed E-state index contributed by atoms with van der Waals surface area (Å²) in [5, 5.41) is 3.50. The smallest absolute Gasteiger partial charge is 0.332 e. The lowest BCUT2D eigenvalue weighted by molar-refractivity contribution is -0.124. The Morgan fingerprint density at radius 1 is 1.05 bits per heavy atom. The quantitative estimate of drug-likeness (QED) is 0.119. The fourth-order valence-corrected chi connectivity index (χ4v) is 5.28. The van der Waals surface area contributed by atoms with Gasteiger partial charge in [-0.3, -0.25) is 9.59 Å². The van der Waals surface area contributed by atoms with E-state index in [2.05, 4.69) is 31.7 Å². The highest BCUT2D eigenvalue weighted by Gasteiger charge is 2.54. The molecule has 1 fully saturated rings. The van der Waals surface area contributed by atoms with E-state index in [1.807, 2.05) is 24.3 Å². The predicted molar refractivity (Wildman–Crippen MR) is 156 cm³/mol. The molecular formula is C27H27BrCl2N6O3. The summed E-state index contributed by atoms with van der Waals surface area (Å²) in [5.74, 6) is 5.14. The predicted octanol–water partition coefficient (Wildman–Crippen LogP) is 5.42. The van der Waals surface area contributed by atoms with Crippen LogP contribution in [0.5, 0.6) is 0 Å². The number of aromatic nitrogens is 1. The number of nitrogens with zero attached hydrogens (tertiary/aromatic N) is 3. The van der Waals surface area contributed by atoms with E-state index in [1.165, 1.54) is 6.20 Å². The lowest BCUT2D eigenvalue weighted by atomic mass is 9.91. The number of urea groups is 1. The van der Waals surface area contributed by atoms with Gasteiger partial charge in [-0.2, -0.15) is 0 Å². The number of hydrogen-bond acceptors (Lipinski definition) is 6. The van der Waals surface area contributed by atoms with Crippen LogP contribution < -0.4 is 21.5 Å². The van der Waals surface area contributed by atoms with E-state index >= 15 is 0 Å². The number of benzene rings is 2. The molecule has 0 saturated carbocycles. The Morgan fingerprint density at radius 3 is 2.36 bits per heavy atom. The van der Waals surface area contributed by atoms with Crippen LogP contribution in [0, 0.1) is 0 Å². The number of nitrogens with one attached hydrogen (secondary N) is 2. The van der Waals surface area contributed by atoms with Crippen molar-refractivity contribution in [1.29, 1.82) is 0 Å². The molecule has 2 aromatic carbocycles. The third-order valence-electron chi connectivity index (χ3n) is 6.52. The summed E-state index contributed by atoms with van der Waals surface area (Å²) < 4.78 is 0.919. The van der Waals surface area contributed by atoms with Gasteiger partial charge in [-0.25, -0.2) is 20.5 Å². The molecule has 9 nitrogen and oxygen atoms in total. The van der Waals surface area contributed by atoms with Crippen LogP contribution in [0.15, 0.2) is 65.3 Å². The normalized spacial score (nSPS) is 17.1. The maximum atomic E-state index is 13.8. The fraction of sp³-hybridized carbons (Fsp3) is 0.259. The zero-order chi connectivity index (χ0) is 28.2. The van der Waals surface area contributed by atoms with Crippen molar-refractivity contribution in [2.24, 2.45) is 5.84 Å². The molecule has 12 heteroatoms. The van der Waals surface area contributed by atoms with Crippen molar-refractivity contribution >= 4 is 68.5 Å². The molecule has 0 aliphatic carbocycles. The van der Waals surface area contributed by atoms with Gasteiger partial charge in [-0.05, 0) is 67.8 Å². The van der Waals surface area contributed by atoms with Gasteiger partial charge in [-0.15, -0.1) is 0 Å². The minimum atomic E-state index is -1.13. The average molecular weight is 634 g/mol. The van der Waals surface area contributed by atoms with Crippen LogP contribution >= 0.6 is 39.1 Å². The Bertz CT molecular complexity index is 1350. The number of imide groups is 1. The summed E-state index contributed by atoms with van der Waals surface area (Å²) in [4.78, 5) is 46.6. The number of unbranched alkanes of at least 4 members (excludes halogenated alkanes) is 1. The molecule has 1 aliphatic heterocycles. The molecular weight excluding hydrogens is 607 g/mol. The first-order valence-electron chi connectivity index (χ1n) is 12.2. The number of anilines is 2. The average Bonchev–Trinajstić information content (AvgIpc) is 3.09. The largest absolute Gasteiger partial charge is 0.352 e. The molecule has 0 radical (unpaired) electrons. The highest BCUT2D eigenvalue weighted by molar-refractivity contribution is 9.10. The topological polar surface area (TPSA) is 121 Å². The lowest BCUT2D eigenvalue weighted by Crippen LogP contribution is -2.49. The standard InChI is InChI=1S/C27H27BrCl2N6O3/c1-27(15-17-4-7-19(28)8-5-17)25(38)36(22-13-20(29)12-21(30)14-22)26(39)35(27)11-3-2-10-32-24(37)18-6-9-23(34-31)33-16-18/h4-9,12-14,16H,2-3,10-11,15,31H2,1H3,(H,32,37)(H,33,34). The number of rotatable bonds is 10. The van der Waals surface area contributed by atoms with Crippen LogP contribution in [0.1, 0.15) is 35.7 Å². The van der Waals surface area contributed by atoms with Crippen molar-refractivity contribution < 1.29 is 14.4 Å². The highest BCUT2D eigenvalue weighted by Crippen LogP contribution is 2.37. The lowest BCUT2D eigenvalue weighted by Gasteiger charge is -2.32. The molecule has 2 heterocycles. The van der Waals surface area contributed by atoms with E-state index in [4.69, 9.17) is 29.0 Å². The Hall–Kier alpha value is -3.18. The van der Waals surface area contributed by atoms with Gasteiger partial charge in [0, 0.05) is 40.2 Å². The Kier molecular flexibility index (Phi) is 9.12. The SMILES string of the molecule is CC1(Cc2ccc(Br)cc2)C(=O)N(c2cc(Cl)cc(Cl)c2)C(=O)N1CCCCNC(=O)c1ccc(NN)nc1. The zero-order valence-corrected chi connectivity index (χ0v) is 24.2. The molecule has 3 aromatic rings. The van der Waals surface area contributed by atoms with Gasteiger partial charge in [0.1, 0.15) is 11.4 Å². The zero-order valence-electron chi connectivity index (χ0n) is 21.1. The van der Waals surface area contributed by atoms with Gasteiger partial charge >= 0.3 is 6.03 Å². The van der Waals surface area contributed by atoms with Gasteiger partial charge < -0.3 is 15.6 Å². The number of nitrogens with two attached hydrogens (primary N) is 1. The molecule has 4 N–H and O–H groups in total. The minimum Gasteiger partial charge on any atom is -0.352 e. The van der Waals surface area contributed by atoms with Crippen molar-refractivity contribution in [3.63, 3.8) is 0 Å². The second-order valence-electron chi connectivity index (χ2n) is 9.32. The third kappa shape index (κ3) is 6.52. The second-order valence-corrected chi connectivity index (χ2v) is 11.1. The first-order valence-corrected chi connectivity index (χ1v) is 13.7. The molecule has 4 rings (SSSR count). The molecule has 39 heavy (non-hydrogen) atoms. The van der Waals surface area contributed by atoms with Gasteiger partial charge in [0.2, 0.25) is 0 Å². The molecule has 1 saturated heterocycles. The van der Waals surface area contributed by atoms with E-state index in [9.17, 15) is 14.4 Å². The number of carbonyl (C=O) groups is 3. The molecule has 204 valence electrons. The monoisotopic (exact) mass is 632 g/mol. The maximum Gasteiger partial charge on any atom is 0.332 e. The summed E-state index contributed by atoms with van der Waals surface area (Å²) in [7, 11) is 0. The van der Waals surface area contributed by atoms with Crippen molar-refractivity contribution in [3.8, 4) is 0 Å². The number of halogens is 3. The molecule has 1 atom stereocenters. The minimum absolute atomic E-state index is 0.261. The van der Waals surface area contributed by atoms with Gasteiger partial charge in [0.05, 0.1) is 11.3 Å². The summed E-state index contributed by atoms with van der Waals surface area (Å²) in [6.45, 7) is 2.48. The highest BCUT2D eigenvalue weighted by atomic mass is 79.9. The van der Waals surface area contributed by atoms with Crippen LogP contribution in [0.2, 0.25) is 10.0 Å². The molecule has 4 amide bonds. The van der Waals surface area contributed by atoms with Gasteiger partial charge in [0.15, 0.2) is 0 Å². The number of nitrogen functional groups attached to an aromatic ring is 1. The number of carbonyl (C=O) groups excluding carboxylic acids is 3. The van der Waals surface area contributed by atoms with Crippen LogP contribution in [0.25, 0.3) is 0 Å². The number of hydrazine groups is 1. The van der Waals surface area contributed by atoms with Crippen molar-refractivity contribution in [2.45, 2.75) is 31.7 Å². The summed E-state index contributed by atoms with van der Waals surface area (Å²) in [6, 6.07) is 15.1. The van der Waals surface area contributed by atoms with E-state index in [-0.39, 0.29) is 11.8 Å². The summed E-state index contributed by atoms with van der Waals surface area (Å²) in [6.07, 6.45) is 2.92. The summed E-state index contributed by atoms with van der Waals surface area (Å²) >= 11 is 15.8. The van der Waals surface area contributed by atoms with Gasteiger partial charge in [-0.1, -0.05) is 51.3 Å². The van der Waals surface area contributed by atoms with E-state index in [0.717, 1.165) is 14.9 Å². The first-order chi connectivity index (χ1) is 18.6. The summed E-state index contributed by atoms with van der Waals surface area (Å²) in [5.41, 5.74) is 2.92. The number of amides is 4. The molecule has 1 aromatic heterocycles. The van der Waals surface area contributed by atoms with Crippen LogP contribution in [-0.4, -0.2) is 46.4 Å². The van der Waals surface area contributed by atoms with Crippen molar-refractivity contribution in [2.75, 3.05) is 23.4 Å². The number of hydrogen-bond donors (Lipinski definition) is 3. The molecule has 0 bridgehead atoms. The van der Waals surface area contributed by atoms with E-state index in [1.54, 1.807) is 42.2 Å². The fourth-order valence-electron chi connectivity index (χ4n) is 4.50. The Morgan fingerprint density at radius 2 is 1.74 bits per heavy atom.